The highest BCUT2D eigenvalue weighted by Gasteiger charge is 2.31. The second kappa shape index (κ2) is 4.97. The lowest BCUT2D eigenvalue weighted by atomic mass is 10.0. The topological polar surface area (TPSA) is 46.0 Å². The van der Waals surface area contributed by atoms with Crippen LogP contribution < -0.4 is 0 Å². The molecule has 1 N–H and O–H groups in total. The van der Waals surface area contributed by atoms with E-state index in [9.17, 15) is 18.3 Å². The van der Waals surface area contributed by atoms with Gasteiger partial charge in [0.25, 0.3) is 0 Å². The molecule has 2 aromatic rings. The predicted molar refractivity (Wildman–Crippen MR) is 62.3 cm³/mol. The number of hydrogen-bond donors (Lipinski definition) is 1. The van der Waals surface area contributed by atoms with Gasteiger partial charge in [0.05, 0.1) is 11.3 Å². The molecule has 1 atom stereocenters. The van der Waals surface area contributed by atoms with Crippen molar-refractivity contribution in [3.63, 3.8) is 0 Å². The van der Waals surface area contributed by atoms with Crippen LogP contribution in [0, 0.1) is 6.92 Å². The van der Waals surface area contributed by atoms with Gasteiger partial charge in [0.2, 0.25) is 0 Å². The van der Waals surface area contributed by atoms with Crippen LogP contribution in [0.15, 0.2) is 36.8 Å². The Balaban J connectivity index is 2.31. The summed E-state index contributed by atoms with van der Waals surface area (Å²) in [6.45, 7) is 1.78. The number of halogens is 3. The number of rotatable bonds is 2. The Labute approximate surface area is 107 Å². The standard InChI is InChI=1S/C13H11F3N2O/c1-8-4-5-17-7-10(8)12(19)11-3-2-9(6-18-11)13(14,15)16/h2-7,12,19H,1H3. The number of aromatic nitrogens is 2. The fourth-order valence-electron chi connectivity index (χ4n) is 1.66. The van der Waals surface area contributed by atoms with E-state index >= 15 is 0 Å². The van der Waals surface area contributed by atoms with Crippen molar-refractivity contribution in [3.05, 3.63) is 59.2 Å². The van der Waals surface area contributed by atoms with Crippen molar-refractivity contribution in [3.8, 4) is 0 Å². The van der Waals surface area contributed by atoms with Gasteiger partial charge in [-0.3, -0.25) is 9.97 Å². The summed E-state index contributed by atoms with van der Waals surface area (Å²) in [5.74, 6) is 0. The largest absolute Gasteiger partial charge is 0.417 e. The fourth-order valence-corrected chi connectivity index (χ4v) is 1.66. The average Bonchev–Trinajstić information content (AvgIpc) is 2.38. The van der Waals surface area contributed by atoms with Gasteiger partial charge in [0.15, 0.2) is 0 Å². The van der Waals surface area contributed by atoms with E-state index in [4.69, 9.17) is 0 Å². The molecule has 6 heteroatoms. The number of aliphatic hydroxyl groups is 1. The van der Waals surface area contributed by atoms with Crippen LogP contribution in [0.5, 0.6) is 0 Å². The Hall–Kier alpha value is -1.95. The van der Waals surface area contributed by atoms with E-state index in [1.807, 2.05) is 0 Å². The number of aliphatic hydroxyl groups excluding tert-OH is 1. The molecule has 1 unspecified atom stereocenters. The highest BCUT2D eigenvalue weighted by atomic mass is 19.4. The predicted octanol–water partition coefficient (Wildman–Crippen LogP) is 2.89. The number of aryl methyl sites for hydroxylation is 1. The Morgan fingerprint density at radius 3 is 2.42 bits per heavy atom. The lowest BCUT2D eigenvalue weighted by Gasteiger charge is -2.13. The molecule has 100 valence electrons. The highest BCUT2D eigenvalue weighted by Crippen LogP contribution is 2.30. The van der Waals surface area contributed by atoms with Gasteiger partial charge in [-0.15, -0.1) is 0 Å². The maximum atomic E-state index is 12.4. The van der Waals surface area contributed by atoms with Crippen molar-refractivity contribution in [2.75, 3.05) is 0 Å². The smallest absolute Gasteiger partial charge is 0.382 e. The zero-order valence-electron chi connectivity index (χ0n) is 10.0. The molecule has 0 aliphatic heterocycles. The molecule has 0 spiro atoms. The summed E-state index contributed by atoms with van der Waals surface area (Å²) in [7, 11) is 0. The minimum atomic E-state index is -4.43. The average molecular weight is 268 g/mol. The molecule has 0 radical (unpaired) electrons. The monoisotopic (exact) mass is 268 g/mol. The highest BCUT2D eigenvalue weighted by molar-refractivity contribution is 5.30. The van der Waals surface area contributed by atoms with Crippen LogP contribution in [-0.2, 0) is 6.18 Å². The molecule has 0 aromatic carbocycles. The lowest BCUT2D eigenvalue weighted by Crippen LogP contribution is -2.09. The summed E-state index contributed by atoms with van der Waals surface area (Å²) in [6.07, 6.45) is -1.76. The molecule has 0 fully saturated rings. The van der Waals surface area contributed by atoms with E-state index in [-0.39, 0.29) is 5.69 Å². The first-order chi connectivity index (χ1) is 8.89. The van der Waals surface area contributed by atoms with Gasteiger partial charge >= 0.3 is 6.18 Å². The first kappa shape index (κ1) is 13.5. The normalized spacial score (nSPS) is 13.3. The van der Waals surface area contributed by atoms with E-state index in [0.29, 0.717) is 11.8 Å². The molecule has 0 saturated carbocycles. The second-order valence-electron chi connectivity index (χ2n) is 4.10. The molecule has 0 bridgehead atoms. The van der Waals surface area contributed by atoms with Crippen molar-refractivity contribution in [1.82, 2.24) is 9.97 Å². The first-order valence-corrected chi connectivity index (χ1v) is 5.51. The van der Waals surface area contributed by atoms with Gasteiger partial charge in [-0.25, -0.2) is 0 Å². The Morgan fingerprint density at radius 1 is 1.16 bits per heavy atom. The minimum Gasteiger partial charge on any atom is -0.382 e. The Morgan fingerprint density at radius 2 is 1.89 bits per heavy atom. The SMILES string of the molecule is Cc1ccncc1C(O)c1ccc(C(F)(F)F)cn1. The van der Waals surface area contributed by atoms with Crippen molar-refractivity contribution < 1.29 is 18.3 Å². The number of alkyl halides is 3. The van der Waals surface area contributed by atoms with Gasteiger partial charge in [-0.1, -0.05) is 0 Å². The van der Waals surface area contributed by atoms with Crippen LogP contribution in [0.3, 0.4) is 0 Å². The summed E-state index contributed by atoms with van der Waals surface area (Å²) >= 11 is 0. The minimum absolute atomic E-state index is 0.157. The van der Waals surface area contributed by atoms with Crippen LogP contribution in [0.4, 0.5) is 13.2 Å². The zero-order chi connectivity index (χ0) is 14.0. The van der Waals surface area contributed by atoms with Crippen LogP contribution >= 0.6 is 0 Å². The van der Waals surface area contributed by atoms with E-state index in [1.54, 1.807) is 19.2 Å². The van der Waals surface area contributed by atoms with E-state index < -0.39 is 17.8 Å². The summed E-state index contributed by atoms with van der Waals surface area (Å²) in [5, 5.41) is 10.1. The third kappa shape index (κ3) is 2.90. The van der Waals surface area contributed by atoms with Crippen molar-refractivity contribution in [2.45, 2.75) is 19.2 Å². The van der Waals surface area contributed by atoms with Crippen molar-refractivity contribution >= 4 is 0 Å². The molecule has 19 heavy (non-hydrogen) atoms. The summed E-state index contributed by atoms with van der Waals surface area (Å²) in [4.78, 5) is 7.55. The van der Waals surface area contributed by atoms with Gasteiger partial charge in [-0.05, 0) is 30.7 Å². The number of pyridine rings is 2. The molecule has 0 saturated heterocycles. The molecular formula is C13H11F3N2O. The molecule has 2 aromatic heterocycles. The van der Waals surface area contributed by atoms with Crippen LogP contribution in [0.2, 0.25) is 0 Å². The van der Waals surface area contributed by atoms with Crippen LogP contribution in [0.1, 0.15) is 28.5 Å². The van der Waals surface area contributed by atoms with Crippen LogP contribution in [0.25, 0.3) is 0 Å². The number of nitrogens with zero attached hydrogens (tertiary/aromatic N) is 2. The van der Waals surface area contributed by atoms with Gasteiger partial charge in [0.1, 0.15) is 6.10 Å². The molecule has 3 nitrogen and oxygen atoms in total. The molecule has 0 amide bonds. The summed E-state index contributed by atoms with van der Waals surface area (Å²) in [5.41, 5.74) is 0.634. The quantitative estimate of drug-likeness (QED) is 0.911. The number of hydrogen-bond acceptors (Lipinski definition) is 3. The third-order valence-electron chi connectivity index (χ3n) is 2.77. The van der Waals surface area contributed by atoms with Gasteiger partial charge in [-0.2, -0.15) is 13.2 Å². The van der Waals surface area contributed by atoms with E-state index in [1.165, 1.54) is 12.3 Å². The van der Waals surface area contributed by atoms with Gasteiger partial charge < -0.3 is 5.11 Å². The first-order valence-electron chi connectivity index (χ1n) is 5.51. The molecule has 2 rings (SSSR count). The second-order valence-corrected chi connectivity index (χ2v) is 4.10. The summed E-state index contributed by atoms with van der Waals surface area (Å²) < 4.78 is 37.2. The molecule has 0 aliphatic carbocycles. The molecule has 0 aliphatic rings. The lowest BCUT2D eigenvalue weighted by molar-refractivity contribution is -0.137. The zero-order valence-corrected chi connectivity index (χ0v) is 10.0. The molecule has 2 heterocycles. The Bertz CT molecular complexity index is 567. The van der Waals surface area contributed by atoms with Crippen molar-refractivity contribution in [2.24, 2.45) is 0 Å². The maximum absolute atomic E-state index is 12.4. The fraction of sp³-hybridized carbons (Fsp3) is 0.231. The van der Waals surface area contributed by atoms with Crippen molar-refractivity contribution in [1.29, 1.82) is 0 Å². The van der Waals surface area contributed by atoms with Crippen LogP contribution in [-0.4, -0.2) is 15.1 Å². The van der Waals surface area contributed by atoms with Gasteiger partial charge in [0, 0.05) is 24.2 Å². The Kier molecular flexibility index (Phi) is 3.53. The maximum Gasteiger partial charge on any atom is 0.417 e. The van der Waals surface area contributed by atoms with E-state index in [0.717, 1.165) is 11.6 Å². The molecular weight excluding hydrogens is 257 g/mol. The third-order valence-corrected chi connectivity index (χ3v) is 2.77. The van der Waals surface area contributed by atoms with E-state index in [2.05, 4.69) is 9.97 Å². The summed E-state index contributed by atoms with van der Waals surface area (Å²) in [6, 6.07) is 3.78.